The van der Waals surface area contributed by atoms with Crippen LogP contribution in [0.4, 0.5) is 16.2 Å². The monoisotopic (exact) mass is 483 g/mol. The molecule has 9 nitrogen and oxygen atoms in total. The van der Waals surface area contributed by atoms with Gasteiger partial charge in [-0.25, -0.2) is 9.78 Å². The van der Waals surface area contributed by atoms with Crippen LogP contribution in [0.25, 0.3) is 10.2 Å². The first-order valence-corrected chi connectivity index (χ1v) is 12.1. The molecule has 0 bridgehead atoms. The molecule has 1 aromatic carbocycles. The standard InChI is InChI=1S/C24H29N5O4S/c1-15-19-22(33-3)27-18(14-32-2)28-23(19)34-20(15)21(30)25-16-8-10-17(11-9-16)26-24(31)29-12-6-4-5-7-13-29/h8-11H,4-7,12-14H2,1-3H3,(H,25,30)(H,26,31). The second-order valence-electron chi connectivity index (χ2n) is 8.18. The summed E-state index contributed by atoms with van der Waals surface area (Å²) in [5.41, 5.74) is 2.09. The fraction of sp³-hybridized carbons (Fsp3) is 0.417. The van der Waals surface area contributed by atoms with Crippen LogP contribution in [0, 0.1) is 6.92 Å². The van der Waals surface area contributed by atoms with Crippen LogP contribution in [0.1, 0.15) is 46.7 Å². The summed E-state index contributed by atoms with van der Waals surface area (Å²) in [4.78, 5) is 37.5. The van der Waals surface area contributed by atoms with Gasteiger partial charge in [-0.15, -0.1) is 11.3 Å². The summed E-state index contributed by atoms with van der Waals surface area (Å²) in [6.07, 6.45) is 4.43. The Kier molecular flexibility index (Phi) is 7.59. The van der Waals surface area contributed by atoms with Crippen molar-refractivity contribution >= 4 is 44.9 Å². The van der Waals surface area contributed by atoms with Gasteiger partial charge in [0.2, 0.25) is 5.88 Å². The van der Waals surface area contributed by atoms with Crippen molar-refractivity contribution in [2.24, 2.45) is 0 Å². The van der Waals surface area contributed by atoms with Gasteiger partial charge in [-0.3, -0.25) is 4.79 Å². The Morgan fingerprint density at radius 2 is 1.65 bits per heavy atom. The number of urea groups is 1. The lowest BCUT2D eigenvalue weighted by Gasteiger charge is -2.20. The average molecular weight is 484 g/mol. The molecule has 0 radical (unpaired) electrons. The highest BCUT2D eigenvalue weighted by Crippen LogP contribution is 2.35. The van der Waals surface area contributed by atoms with E-state index in [2.05, 4.69) is 20.6 Å². The summed E-state index contributed by atoms with van der Waals surface area (Å²) in [7, 11) is 3.12. The van der Waals surface area contributed by atoms with E-state index in [4.69, 9.17) is 9.47 Å². The molecule has 3 heterocycles. The first kappa shape index (κ1) is 23.9. The van der Waals surface area contributed by atoms with Gasteiger partial charge in [0.25, 0.3) is 5.91 Å². The van der Waals surface area contributed by atoms with E-state index in [9.17, 15) is 9.59 Å². The maximum Gasteiger partial charge on any atom is 0.321 e. The first-order valence-electron chi connectivity index (χ1n) is 11.3. The maximum atomic E-state index is 13.0. The van der Waals surface area contributed by atoms with E-state index in [-0.39, 0.29) is 18.5 Å². The number of likely N-dealkylation sites (tertiary alicyclic amines) is 1. The number of carbonyl (C=O) groups is 2. The van der Waals surface area contributed by atoms with E-state index in [1.165, 1.54) is 24.2 Å². The third-order valence-corrected chi connectivity index (χ3v) is 6.95. The minimum atomic E-state index is -0.239. The number of benzene rings is 1. The molecule has 1 aliphatic heterocycles. The van der Waals surface area contributed by atoms with Crippen molar-refractivity contribution < 1.29 is 19.1 Å². The fourth-order valence-corrected chi connectivity index (χ4v) is 5.09. The molecule has 1 fully saturated rings. The van der Waals surface area contributed by atoms with Crippen LogP contribution in [0.2, 0.25) is 0 Å². The number of fused-ring (bicyclic) bond motifs is 1. The number of hydrogen-bond donors (Lipinski definition) is 2. The van der Waals surface area contributed by atoms with Crippen molar-refractivity contribution in [1.29, 1.82) is 0 Å². The van der Waals surface area contributed by atoms with Crippen LogP contribution < -0.4 is 15.4 Å². The molecule has 0 saturated carbocycles. The topological polar surface area (TPSA) is 106 Å². The van der Waals surface area contributed by atoms with Crippen molar-refractivity contribution in [3.63, 3.8) is 0 Å². The van der Waals surface area contributed by atoms with E-state index in [1.807, 2.05) is 11.8 Å². The fourth-order valence-electron chi connectivity index (χ4n) is 4.00. The Labute approximate surface area is 202 Å². The molecular formula is C24H29N5O4S. The maximum absolute atomic E-state index is 13.0. The molecule has 4 rings (SSSR count). The highest BCUT2D eigenvalue weighted by Gasteiger charge is 2.21. The quantitative estimate of drug-likeness (QED) is 0.521. The van der Waals surface area contributed by atoms with Gasteiger partial charge >= 0.3 is 6.03 Å². The molecular weight excluding hydrogens is 454 g/mol. The number of methoxy groups -OCH3 is 2. The lowest BCUT2D eigenvalue weighted by Crippen LogP contribution is -2.35. The molecule has 34 heavy (non-hydrogen) atoms. The normalized spacial score (nSPS) is 14.0. The molecule has 3 aromatic rings. The highest BCUT2D eigenvalue weighted by molar-refractivity contribution is 7.20. The van der Waals surface area contributed by atoms with Gasteiger partial charge < -0.3 is 25.0 Å². The number of carbonyl (C=O) groups excluding carboxylic acids is 2. The molecule has 0 aliphatic carbocycles. The number of aryl methyl sites for hydroxylation is 1. The third-order valence-electron chi connectivity index (χ3n) is 5.76. The molecule has 10 heteroatoms. The molecule has 2 N–H and O–H groups in total. The van der Waals surface area contributed by atoms with Crippen LogP contribution in [-0.2, 0) is 11.3 Å². The molecule has 1 aliphatic rings. The Balaban J connectivity index is 1.46. The summed E-state index contributed by atoms with van der Waals surface area (Å²) >= 11 is 1.29. The van der Waals surface area contributed by atoms with E-state index in [0.29, 0.717) is 32.8 Å². The minimum Gasteiger partial charge on any atom is -0.480 e. The zero-order valence-electron chi connectivity index (χ0n) is 19.6. The zero-order chi connectivity index (χ0) is 24.1. The summed E-state index contributed by atoms with van der Waals surface area (Å²) in [6, 6.07) is 7.04. The third kappa shape index (κ3) is 5.28. The SMILES string of the molecule is COCc1nc(OC)c2c(C)c(C(=O)Nc3ccc(NC(=O)N4CCCCCC4)cc3)sc2n1. The summed E-state index contributed by atoms with van der Waals surface area (Å²) in [5, 5.41) is 6.59. The Morgan fingerprint density at radius 1 is 1.00 bits per heavy atom. The number of aromatic nitrogens is 2. The number of rotatable bonds is 6. The summed E-state index contributed by atoms with van der Waals surface area (Å²) in [6.45, 7) is 3.69. The predicted molar refractivity (Wildman–Crippen MR) is 133 cm³/mol. The Hall–Kier alpha value is -3.24. The Morgan fingerprint density at radius 3 is 2.26 bits per heavy atom. The largest absolute Gasteiger partial charge is 0.480 e. The van der Waals surface area contributed by atoms with Crippen LogP contribution in [-0.4, -0.2) is 54.1 Å². The molecule has 0 atom stereocenters. The number of thiophene rings is 1. The number of anilines is 2. The number of nitrogens with zero attached hydrogens (tertiary/aromatic N) is 3. The smallest absolute Gasteiger partial charge is 0.321 e. The van der Waals surface area contributed by atoms with Crippen LogP contribution >= 0.6 is 11.3 Å². The van der Waals surface area contributed by atoms with Crippen molar-refractivity contribution in [2.45, 2.75) is 39.2 Å². The van der Waals surface area contributed by atoms with Crippen molar-refractivity contribution in [1.82, 2.24) is 14.9 Å². The molecule has 0 spiro atoms. The average Bonchev–Trinajstić information content (AvgIpc) is 3.00. The summed E-state index contributed by atoms with van der Waals surface area (Å²) < 4.78 is 10.6. The van der Waals surface area contributed by atoms with Gasteiger partial charge in [0.15, 0.2) is 5.82 Å². The van der Waals surface area contributed by atoms with Crippen LogP contribution in [0.15, 0.2) is 24.3 Å². The van der Waals surface area contributed by atoms with Gasteiger partial charge in [0.05, 0.1) is 17.4 Å². The van der Waals surface area contributed by atoms with Gasteiger partial charge in [0.1, 0.15) is 11.4 Å². The van der Waals surface area contributed by atoms with E-state index >= 15 is 0 Å². The minimum absolute atomic E-state index is 0.0810. The lowest BCUT2D eigenvalue weighted by molar-refractivity contribution is 0.103. The molecule has 2 aromatic heterocycles. The first-order chi connectivity index (χ1) is 16.5. The van der Waals surface area contributed by atoms with E-state index in [1.54, 1.807) is 38.5 Å². The number of nitrogens with one attached hydrogen (secondary N) is 2. The van der Waals surface area contributed by atoms with Gasteiger partial charge in [-0.2, -0.15) is 4.98 Å². The Bertz CT molecular complexity index is 1170. The van der Waals surface area contributed by atoms with E-state index in [0.717, 1.165) is 36.9 Å². The van der Waals surface area contributed by atoms with Crippen molar-refractivity contribution in [2.75, 3.05) is 37.9 Å². The van der Waals surface area contributed by atoms with Crippen molar-refractivity contribution in [3.8, 4) is 5.88 Å². The lowest BCUT2D eigenvalue weighted by atomic mass is 10.2. The molecule has 1 saturated heterocycles. The van der Waals surface area contributed by atoms with Gasteiger partial charge in [-0.1, -0.05) is 12.8 Å². The van der Waals surface area contributed by atoms with Crippen molar-refractivity contribution in [3.05, 3.63) is 40.5 Å². The molecule has 0 unspecified atom stereocenters. The number of amides is 3. The number of ether oxygens (including phenoxy) is 2. The summed E-state index contributed by atoms with van der Waals surface area (Å²) in [5.74, 6) is 0.685. The molecule has 180 valence electrons. The second kappa shape index (κ2) is 10.8. The van der Waals surface area contributed by atoms with Crippen LogP contribution in [0.3, 0.4) is 0 Å². The molecule has 3 amide bonds. The van der Waals surface area contributed by atoms with Gasteiger partial charge in [0, 0.05) is 31.6 Å². The second-order valence-corrected chi connectivity index (χ2v) is 9.18. The highest BCUT2D eigenvalue weighted by atomic mass is 32.1. The zero-order valence-corrected chi connectivity index (χ0v) is 20.5. The predicted octanol–water partition coefficient (Wildman–Crippen LogP) is 4.81. The van der Waals surface area contributed by atoms with E-state index < -0.39 is 0 Å². The van der Waals surface area contributed by atoms with Crippen LogP contribution in [0.5, 0.6) is 5.88 Å². The van der Waals surface area contributed by atoms with Gasteiger partial charge in [-0.05, 0) is 49.6 Å². The number of hydrogen-bond acceptors (Lipinski definition) is 7.